The topological polar surface area (TPSA) is 37.3 Å². The predicted molar refractivity (Wildman–Crippen MR) is 52.4 cm³/mol. The second-order valence-corrected chi connectivity index (χ2v) is 3.74. The summed E-state index contributed by atoms with van der Waals surface area (Å²) in [6.07, 6.45) is 4.67. The third kappa shape index (κ3) is 2.07. The van der Waals surface area contributed by atoms with Crippen molar-refractivity contribution in [2.45, 2.75) is 39.2 Å². The molecule has 1 unspecified atom stereocenters. The van der Waals surface area contributed by atoms with Gasteiger partial charge in [-0.05, 0) is 31.9 Å². The molecule has 0 saturated heterocycles. The third-order valence-corrected chi connectivity index (χ3v) is 2.58. The summed E-state index contributed by atoms with van der Waals surface area (Å²) in [5.74, 6) is 0.148. The molecule has 0 bridgehead atoms. The van der Waals surface area contributed by atoms with Gasteiger partial charge in [-0.15, -0.1) is 0 Å². The Labute approximate surface area is 79.0 Å². The fourth-order valence-corrected chi connectivity index (χ4v) is 1.32. The van der Waals surface area contributed by atoms with Crippen molar-refractivity contribution in [3.8, 4) is 0 Å². The minimum Gasteiger partial charge on any atom is -0.385 e. The zero-order valence-electron chi connectivity index (χ0n) is 8.42. The Hall–Kier alpha value is -0.890. The maximum Gasteiger partial charge on any atom is 0.162 e. The van der Waals surface area contributed by atoms with Crippen LogP contribution in [0, 0.1) is 0 Å². The van der Waals surface area contributed by atoms with Crippen LogP contribution in [0.4, 0.5) is 0 Å². The van der Waals surface area contributed by atoms with E-state index in [-0.39, 0.29) is 5.78 Å². The van der Waals surface area contributed by atoms with Gasteiger partial charge in [0.15, 0.2) is 5.78 Å². The van der Waals surface area contributed by atoms with Crippen molar-refractivity contribution in [3.63, 3.8) is 0 Å². The van der Waals surface area contributed by atoms with Crippen molar-refractivity contribution in [1.29, 1.82) is 0 Å². The second-order valence-electron chi connectivity index (χ2n) is 3.74. The maximum absolute atomic E-state index is 11.3. The zero-order valence-corrected chi connectivity index (χ0v) is 8.42. The monoisotopic (exact) mass is 180 g/mol. The van der Waals surface area contributed by atoms with Gasteiger partial charge >= 0.3 is 0 Å². The van der Waals surface area contributed by atoms with Gasteiger partial charge in [0.25, 0.3) is 0 Å². The molecule has 2 nitrogen and oxygen atoms in total. The summed E-state index contributed by atoms with van der Waals surface area (Å²) in [5.41, 5.74) is 0.843. The first-order valence-corrected chi connectivity index (χ1v) is 4.62. The quantitative estimate of drug-likeness (QED) is 0.705. The van der Waals surface area contributed by atoms with E-state index in [2.05, 4.69) is 0 Å². The lowest BCUT2D eigenvalue weighted by molar-refractivity contribution is -0.115. The lowest BCUT2D eigenvalue weighted by Crippen LogP contribution is -2.27. The standard InChI is InChI=1S/C11H16O2/c1-4-10(12)9-5-6-11(3,13)8(2)7-9/h5,7,13H,4,6H2,1-3H3. The van der Waals surface area contributed by atoms with Crippen LogP contribution in [0.25, 0.3) is 0 Å². The fourth-order valence-electron chi connectivity index (χ4n) is 1.32. The smallest absolute Gasteiger partial charge is 0.162 e. The molecule has 0 aromatic carbocycles. The summed E-state index contributed by atoms with van der Waals surface area (Å²) < 4.78 is 0. The molecular weight excluding hydrogens is 164 g/mol. The Kier molecular flexibility index (Phi) is 2.71. The van der Waals surface area contributed by atoms with Gasteiger partial charge in [-0.2, -0.15) is 0 Å². The highest BCUT2D eigenvalue weighted by atomic mass is 16.3. The Morgan fingerprint density at radius 1 is 1.69 bits per heavy atom. The van der Waals surface area contributed by atoms with Crippen LogP contribution in [0.3, 0.4) is 0 Å². The van der Waals surface area contributed by atoms with E-state index < -0.39 is 5.60 Å². The van der Waals surface area contributed by atoms with E-state index in [0.29, 0.717) is 12.8 Å². The van der Waals surface area contributed by atoms with E-state index in [4.69, 9.17) is 0 Å². The molecule has 13 heavy (non-hydrogen) atoms. The largest absolute Gasteiger partial charge is 0.385 e. The zero-order chi connectivity index (χ0) is 10.1. The molecule has 0 aliphatic heterocycles. The van der Waals surface area contributed by atoms with E-state index in [9.17, 15) is 9.90 Å². The number of allylic oxidation sites excluding steroid dienone is 2. The first-order chi connectivity index (χ1) is 5.97. The molecule has 72 valence electrons. The van der Waals surface area contributed by atoms with Crippen molar-refractivity contribution < 1.29 is 9.90 Å². The highest BCUT2D eigenvalue weighted by molar-refractivity contribution is 5.98. The van der Waals surface area contributed by atoms with E-state index in [1.807, 2.05) is 19.9 Å². The first-order valence-electron chi connectivity index (χ1n) is 4.62. The number of carbonyl (C=O) groups excluding carboxylic acids is 1. The SMILES string of the molecule is CCC(=O)C1=CCC(C)(O)C(C)=C1. The lowest BCUT2D eigenvalue weighted by Gasteiger charge is -2.26. The summed E-state index contributed by atoms with van der Waals surface area (Å²) in [6.45, 7) is 5.47. The minimum atomic E-state index is -0.766. The molecule has 0 aromatic heterocycles. The van der Waals surface area contributed by atoms with Gasteiger partial charge in [-0.25, -0.2) is 0 Å². The van der Waals surface area contributed by atoms with Crippen LogP contribution in [0.15, 0.2) is 23.3 Å². The molecule has 0 spiro atoms. The second kappa shape index (κ2) is 3.46. The van der Waals surface area contributed by atoms with Crippen molar-refractivity contribution in [1.82, 2.24) is 0 Å². The van der Waals surface area contributed by atoms with E-state index >= 15 is 0 Å². The Morgan fingerprint density at radius 2 is 2.31 bits per heavy atom. The van der Waals surface area contributed by atoms with E-state index in [1.54, 1.807) is 13.0 Å². The number of hydrogen-bond donors (Lipinski definition) is 1. The van der Waals surface area contributed by atoms with Crippen LogP contribution in [0.1, 0.15) is 33.6 Å². The predicted octanol–water partition coefficient (Wildman–Crippen LogP) is 1.99. The lowest BCUT2D eigenvalue weighted by atomic mass is 9.85. The molecule has 0 fully saturated rings. The summed E-state index contributed by atoms with van der Waals surface area (Å²) >= 11 is 0. The molecule has 1 N–H and O–H groups in total. The molecule has 0 radical (unpaired) electrons. The van der Waals surface area contributed by atoms with Crippen LogP contribution in [0.2, 0.25) is 0 Å². The van der Waals surface area contributed by atoms with Gasteiger partial charge in [0.05, 0.1) is 5.60 Å². The number of carbonyl (C=O) groups is 1. The van der Waals surface area contributed by atoms with E-state index in [0.717, 1.165) is 11.1 Å². The number of Topliss-reactive ketones (excluding diaryl/α,β-unsaturated/α-hetero) is 1. The fraction of sp³-hybridized carbons (Fsp3) is 0.545. The Bertz CT molecular complexity index is 282. The Morgan fingerprint density at radius 3 is 2.77 bits per heavy atom. The van der Waals surface area contributed by atoms with Crippen molar-refractivity contribution in [2.24, 2.45) is 0 Å². The van der Waals surface area contributed by atoms with Crippen LogP contribution in [-0.4, -0.2) is 16.5 Å². The van der Waals surface area contributed by atoms with Gasteiger partial charge in [0.2, 0.25) is 0 Å². The summed E-state index contributed by atoms with van der Waals surface area (Å²) in [4.78, 5) is 11.3. The number of hydrogen-bond acceptors (Lipinski definition) is 2. The molecule has 0 heterocycles. The molecule has 1 rings (SSSR count). The van der Waals surface area contributed by atoms with Gasteiger partial charge in [0, 0.05) is 12.0 Å². The van der Waals surface area contributed by atoms with Crippen LogP contribution < -0.4 is 0 Å². The van der Waals surface area contributed by atoms with E-state index in [1.165, 1.54) is 0 Å². The van der Waals surface area contributed by atoms with Gasteiger partial charge < -0.3 is 5.11 Å². The van der Waals surface area contributed by atoms with Gasteiger partial charge in [0.1, 0.15) is 0 Å². The molecule has 0 saturated carbocycles. The third-order valence-electron chi connectivity index (χ3n) is 2.58. The van der Waals surface area contributed by atoms with Crippen LogP contribution in [0.5, 0.6) is 0 Å². The highest BCUT2D eigenvalue weighted by Gasteiger charge is 2.25. The maximum atomic E-state index is 11.3. The molecule has 1 atom stereocenters. The van der Waals surface area contributed by atoms with Crippen LogP contribution >= 0.6 is 0 Å². The molecule has 0 amide bonds. The van der Waals surface area contributed by atoms with Gasteiger partial charge in [-0.1, -0.05) is 13.0 Å². The molecule has 1 aliphatic rings. The number of aliphatic hydroxyl groups is 1. The molecular formula is C11H16O2. The molecule has 1 aliphatic carbocycles. The summed E-state index contributed by atoms with van der Waals surface area (Å²) in [7, 11) is 0. The molecule has 2 heteroatoms. The van der Waals surface area contributed by atoms with Crippen molar-refractivity contribution in [3.05, 3.63) is 23.3 Å². The first kappa shape index (κ1) is 10.2. The number of rotatable bonds is 2. The van der Waals surface area contributed by atoms with Crippen molar-refractivity contribution >= 4 is 5.78 Å². The molecule has 0 aromatic rings. The highest BCUT2D eigenvalue weighted by Crippen LogP contribution is 2.27. The Balaban J connectivity index is 2.88. The summed E-state index contributed by atoms with van der Waals surface area (Å²) in [6, 6.07) is 0. The minimum absolute atomic E-state index is 0.148. The van der Waals surface area contributed by atoms with Gasteiger partial charge in [-0.3, -0.25) is 4.79 Å². The summed E-state index contributed by atoms with van der Waals surface area (Å²) in [5, 5.41) is 9.79. The average Bonchev–Trinajstić information content (AvgIpc) is 2.08. The average molecular weight is 180 g/mol. The number of ketones is 1. The van der Waals surface area contributed by atoms with Crippen LogP contribution in [-0.2, 0) is 4.79 Å². The normalized spacial score (nSPS) is 28.0. The van der Waals surface area contributed by atoms with Crippen molar-refractivity contribution in [2.75, 3.05) is 0 Å².